The quantitative estimate of drug-likeness (QED) is 0.468. The summed E-state index contributed by atoms with van der Waals surface area (Å²) in [6.07, 6.45) is 3.43. The number of pyridine rings is 2. The SMILES string of the molecule is Cc1ccc2c(=O)c(-c3nc(-c4ccc(F)cc4)no3)cn(CC(=O)NCC3CCCO3)c2n1. The van der Waals surface area contributed by atoms with Crippen LogP contribution in [0.1, 0.15) is 18.5 Å². The fourth-order valence-corrected chi connectivity index (χ4v) is 3.93. The van der Waals surface area contributed by atoms with Crippen LogP contribution >= 0.6 is 0 Å². The van der Waals surface area contributed by atoms with Crippen LogP contribution in [-0.4, -0.2) is 44.9 Å². The van der Waals surface area contributed by atoms with Gasteiger partial charge in [-0.25, -0.2) is 9.37 Å². The number of aryl methyl sites for hydroxylation is 1. The maximum atomic E-state index is 13.2. The molecule has 0 radical (unpaired) electrons. The molecular formula is C24H22FN5O4. The number of benzene rings is 1. The Morgan fingerprint density at radius 2 is 2.03 bits per heavy atom. The van der Waals surface area contributed by atoms with E-state index in [0.29, 0.717) is 35.4 Å². The third-order valence-electron chi connectivity index (χ3n) is 5.68. The zero-order valence-electron chi connectivity index (χ0n) is 18.5. The third-order valence-corrected chi connectivity index (χ3v) is 5.68. The first-order valence-electron chi connectivity index (χ1n) is 11.0. The van der Waals surface area contributed by atoms with Gasteiger partial charge in [0.05, 0.1) is 11.5 Å². The largest absolute Gasteiger partial charge is 0.376 e. The van der Waals surface area contributed by atoms with E-state index in [2.05, 4.69) is 20.4 Å². The van der Waals surface area contributed by atoms with Crippen molar-refractivity contribution in [3.05, 3.63) is 64.3 Å². The number of rotatable bonds is 6. The van der Waals surface area contributed by atoms with Crippen LogP contribution in [0.4, 0.5) is 4.39 Å². The Balaban J connectivity index is 1.49. The fourth-order valence-electron chi connectivity index (χ4n) is 3.93. The van der Waals surface area contributed by atoms with Crippen LogP contribution in [0.2, 0.25) is 0 Å². The Morgan fingerprint density at radius 1 is 1.21 bits per heavy atom. The van der Waals surface area contributed by atoms with Crippen LogP contribution in [0, 0.1) is 12.7 Å². The van der Waals surface area contributed by atoms with Crippen LogP contribution < -0.4 is 10.7 Å². The van der Waals surface area contributed by atoms with Crippen molar-refractivity contribution < 1.29 is 18.4 Å². The molecule has 1 atom stereocenters. The Bertz CT molecular complexity index is 1410. The maximum Gasteiger partial charge on any atom is 0.263 e. The molecule has 1 amide bonds. The predicted octanol–water partition coefficient (Wildman–Crippen LogP) is 2.86. The van der Waals surface area contributed by atoms with Crippen molar-refractivity contribution in [3.8, 4) is 22.8 Å². The van der Waals surface area contributed by atoms with Crippen LogP contribution in [0.5, 0.6) is 0 Å². The molecule has 0 saturated carbocycles. The third kappa shape index (κ3) is 4.44. The maximum absolute atomic E-state index is 13.2. The van der Waals surface area contributed by atoms with E-state index in [0.717, 1.165) is 12.8 Å². The molecule has 3 aromatic heterocycles. The summed E-state index contributed by atoms with van der Waals surface area (Å²) in [6, 6.07) is 9.02. The number of nitrogens with one attached hydrogen (secondary N) is 1. The van der Waals surface area contributed by atoms with Crippen LogP contribution in [-0.2, 0) is 16.1 Å². The van der Waals surface area contributed by atoms with Crippen molar-refractivity contribution in [2.45, 2.75) is 32.4 Å². The fraction of sp³-hybridized carbons (Fsp3) is 0.292. The number of nitrogens with zero attached hydrogens (tertiary/aromatic N) is 4. The van der Waals surface area contributed by atoms with E-state index in [9.17, 15) is 14.0 Å². The lowest BCUT2D eigenvalue weighted by Crippen LogP contribution is -2.34. The van der Waals surface area contributed by atoms with Crippen molar-refractivity contribution >= 4 is 16.9 Å². The van der Waals surface area contributed by atoms with Gasteiger partial charge in [0.2, 0.25) is 17.2 Å². The number of fused-ring (bicyclic) bond motifs is 1. The highest BCUT2D eigenvalue weighted by Gasteiger charge is 2.20. The Kier molecular flexibility index (Phi) is 5.89. The minimum atomic E-state index is -0.384. The minimum absolute atomic E-state index is 0.000291. The monoisotopic (exact) mass is 463 g/mol. The molecule has 9 nitrogen and oxygen atoms in total. The molecular weight excluding hydrogens is 441 g/mol. The molecule has 4 aromatic rings. The van der Waals surface area contributed by atoms with E-state index in [1.54, 1.807) is 16.7 Å². The normalized spacial score (nSPS) is 15.6. The molecule has 4 heterocycles. The topological polar surface area (TPSA) is 112 Å². The molecule has 1 aliphatic rings. The van der Waals surface area contributed by atoms with E-state index >= 15 is 0 Å². The summed E-state index contributed by atoms with van der Waals surface area (Å²) in [7, 11) is 0. The van der Waals surface area contributed by atoms with Crippen molar-refractivity contribution in [1.29, 1.82) is 0 Å². The van der Waals surface area contributed by atoms with Crippen molar-refractivity contribution in [2.75, 3.05) is 13.2 Å². The van der Waals surface area contributed by atoms with E-state index in [1.165, 1.54) is 30.5 Å². The summed E-state index contributed by atoms with van der Waals surface area (Å²) in [5.41, 5.74) is 1.45. The molecule has 34 heavy (non-hydrogen) atoms. The van der Waals surface area contributed by atoms with Crippen LogP contribution in [0.15, 0.2) is 51.9 Å². The van der Waals surface area contributed by atoms with E-state index in [4.69, 9.17) is 9.26 Å². The molecule has 174 valence electrons. The molecule has 0 bridgehead atoms. The lowest BCUT2D eigenvalue weighted by molar-refractivity contribution is -0.122. The average Bonchev–Trinajstić information content (AvgIpc) is 3.52. The summed E-state index contributed by atoms with van der Waals surface area (Å²) in [5.74, 6) is -0.393. The standard InChI is InChI=1S/C24H22FN5O4/c1-14-4-9-18-21(32)19(24-28-22(29-34-24)15-5-7-16(25)8-6-15)12-30(23(18)27-14)13-20(31)26-11-17-3-2-10-33-17/h4-9,12,17H,2-3,10-11,13H2,1H3,(H,26,31). The first kappa shape index (κ1) is 21.9. The molecule has 0 aliphatic carbocycles. The first-order chi connectivity index (χ1) is 16.5. The van der Waals surface area contributed by atoms with Crippen molar-refractivity contribution in [3.63, 3.8) is 0 Å². The van der Waals surface area contributed by atoms with Gasteiger partial charge in [0, 0.05) is 30.6 Å². The van der Waals surface area contributed by atoms with E-state index in [1.807, 2.05) is 6.92 Å². The molecule has 1 saturated heterocycles. The molecule has 1 fully saturated rings. The Labute approximate surface area is 193 Å². The van der Waals surface area contributed by atoms with Gasteiger partial charge in [-0.3, -0.25) is 9.59 Å². The van der Waals surface area contributed by atoms with Gasteiger partial charge in [0.25, 0.3) is 5.89 Å². The molecule has 5 rings (SSSR count). The molecule has 1 aliphatic heterocycles. The van der Waals surface area contributed by atoms with Gasteiger partial charge in [-0.15, -0.1) is 0 Å². The summed E-state index contributed by atoms with van der Waals surface area (Å²) in [6.45, 7) is 2.90. The minimum Gasteiger partial charge on any atom is -0.376 e. The average molecular weight is 463 g/mol. The van der Waals surface area contributed by atoms with Gasteiger partial charge >= 0.3 is 0 Å². The van der Waals surface area contributed by atoms with Crippen molar-refractivity contribution in [2.24, 2.45) is 0 Å². The van der Waals surface area contributed by atoms with Gasteiger partial charge < -0.3 is 19.1 Å². The summed E-state index contributed by atoms with van der Waals surface area (Å²) in [4.78, 5) is 34.7. The molecule has 1 aromatic carbocycles. The van der Waals surface area contributed by atoms with Gasteiger partial charge in [0.15, 0.2) is 0 Å². The van der Waals surface area contributed by atoms with Gasteiger partial charge in [-0.05, 0) is 56.2 Å². The predicted molar refractivity (Wildman–Crippen MR) is 121 cm³/mol. The first-order valence-corrected chi connectivity index (χ1v) is 11.0. The van der Waals surface area contributed by atoms with Gasteiger partial charge in [0.1, 0.15) is 23.6 Å². The number of hydrogen-bond donors (Lipinski definition) is 1. The zero-order valence-corrected chi connectivity index (χ0v) is 18.5. The van der Waals surface area contributed by atoms with Gasteiger partial charge in [-0.2, -0.15) is 4.98 Å². The smallest absolute Gasteiger partial charge is 0.263 e. The Hall–Kier alpha value is -3.92. The summed E-state index contributed by atoms with van der Waals surface area (Å²) < 4.78 is 25.8. The molecule has 0 spiro atoms. The lowest BCUT2D eigenvalue weighted by atomic mass is 10.1. The molecule has 1 N–H and O–H groups in total. The number of amides is 1. The number of aromatic nitrogens is 4. The highest BCUT2D eigenvalue weighted by Crippen LogP contribution is 2.22. The number of carbonyl (C=O) groups excluding carboxylic acids is 1. The Morgan fingerprint density at radius 3 is 2.79 bits per heavy atom. The van der Waals surface area contributed by atoms with Gasteiger partial charge in [-0.1, -0.05) is 5.16 Å². The number of halogens is 1. The number of hydrogen-bond acceptors (Lipinski definition) is 7. The second kappa shape index (κ2) is 9.14. The lowest BCUT2D eigenvalue weighted by Gasteiger charge is -2.14. The summed E-state index contributed by atoms with van der Waals surface area (Å²) >= 11 is 0. The summed E-state index contributed by atoms with van der Waals surface area (Å²) in [5, 5.41) is 7.14. The number of ether oxygens (including phenoxy) is 1. The molecule has 10 heteroatoms. The zero-order chi connectivity index (χ0) is 23.7. The highest BCUT2D eigenvalue weighted by molar-refractivity contribution is 5.83. The molecule has 1 unspecified atom stereocenters. The van der Waals surface area contributed by atoms with Crippen molar-refractivity contribution in [1.82, 2.24) is 25.0 Å². The van der Waals surface area contributed by atoms with E-state index < -0.39 is 0 Å². The highest BCUT2D eigenvalue weighted by atomic mass is 19.1. The van der Waals surface area contributed by atoms with Crippen LogP contribution in [0.3, 0.4) is 0 Å². The second-order valence-corrected chi connectivity index (χ2v) is 8.19. The van der Waals surface area contributed by atoms with E-state index in [-0.39, 0.29) is 47.1 Å². The second-order valence-electron chi connectivity index (χ2n) is 8.19. The van der Waals surface area contributed by atoms with Crippen LogP contribution in [0.25, 0.3) is 33.9 Å². The number of carbonyl (C=O) groups is 1.